The summed E-state index contributed by atoms with van der Waals surface area (Å²) in [6, 6.07) is 9.52. The van der Waals surface area contributed by atoms with Crippen molar-refractivity contribution >= 4 is 5.97 Å². The summed E-state index contributed by atoms with van der Waals surface area (Å²) < 4.78 is 0. The Morgan fingerprint density at radius 2 is 1.75 bits per heavy atom. The molecule has 0 saturated heterocycles. The van der Waals surface area contributed by atoms with E-state index in [4.69, 9.17) is 5.11 Å². The minimum atomic E-state index is -0.625. The van der Waals surface area contributed by atoms with Crippen molar-refractivity contribution in [1.29, 1.82) is 0 Å². The second-order valence-electron chi connectivity index (χ2n) is 8.55. The Kier molecular flexibility index (Phi) is 6.45. The van der Waals surface area contributed by atoms with Crippen molar-refractivity contribution in [2.24, 2.45) is 11.8 Å². The zero-order valence-electron chi connectivity index (χ0n) is 15.6. The fourth-order valence-corrected chi connectivity index (χ4v) is 3.53. The molecule has 1 saturated carbocycles. The van der Waals surface area contributed by atoms with Crippen molar-refractivity contribution in [2.45, 2.75) is 71.3 Å². The number of carbonyl (C=O) groups is 1. The molecule has 3 nitrogen and oxygen atoms in total. The number of carboxylic acids is 1. The van der Waals surface area contributed by atoms with Gasteiger partial charge in [0.15, 0.2) is 0 Å². The second kappa shape index (κ2) is 8.15. The van der Waals surface area contributed by atoms with Crippen molar-refractivity contribution in [3.63, 3.8) is 0 Å². The van der Waals surface area contributed by atoms with E-state index in [-0.39, 0.29) is 11.3 Å². The lowest BCUT2D eigenvalue weighted by molar-refractivity contribution is -0.142. The molecule has 2 rings (SSSR count). The highest BCUT2D eigenvalue weighted by Crippen LogP contribution is 2.25. The summed E-state index contributed by atoms with van der Waals surface area (Å²) in [6.07, 6.45) is 4.70. The van der Waals surface area contributed by atoms with Crippen LogP contribution in [0.5, 0.6) is 0 Å². The average Bonchev–Trinajstić information content (AvgIpc) is 2.53. The van der Waals surface area contributed by atoms with E-state index in [1.807, 2.05) is 0 Å². The smallest absolute Gasteiger partial charge is 0.306 e. The molecule has 1 aromatic rings. The lowest BCUT2D eigenvalue weighted by Gasteiger charge is -2.28. The summed E-state index contributed by atoms with van der Waals surface area (Å²) in [4.78, 5) is 11.0. The van der Waals surface area contributed by atoms with Gasteiger partial charge in [-0.2, -0.15) is 0 Å². The molecule has 1 aliphatic carbocycles. The van der Waals surface area contributed by atoms with Crippen LogP contribution in [0.25, 0.3) is 0 Å². The van der Waals surface area contributed by atoms with Gasteiger partial charge in [0.1, 0.15) is 0 Å². The summed E-state index contributed by atoms with van der Waals surface area (Å²) in [6.45, 7) is 10.0. The average molecular weight is 332 g/mol. The number of hydrogen-bond acceptors (Lipinski definition) is 2. The molecule has 134 valence electrons. The van der Waals surface area contributed by atoms with Gasteiger partial charge in [-0.05, 0) is 61.1 Å². The van der Waals surface area contributed by atoms with E-state index < -0.39 is 5.97 Å². The highest BCUT2D eigenvalue weighted by atomic mass is 16.4. The lowest BCUT2D eigenvalue weighted by atomic mass is 9.85. The van der Waals surface area contributed by atoms with Gasteiger partial charge >= 0.3 is 5.97 Å². The number of hydrogen-bond donors (Lipinski definition) is 2. The number of rotatable bonds is 6. The third-order valence-corrected chi connectivity index (χ3v) is 5.24. The zero-order chi connectivity index (χ0) is 17.7. The van der Waals surface area contributed by atoms with Crippen molar-refractivity contribution in [1.82, 2.24) is 5.32 Å². The van der Waals surface area contributed by atoms with Crippen molar-refractivity contribution in [3.05, 3.63) is 35.4 Å². The molecule has 24 heavy (non-hydrogen) atoms. The van der Waals surface area contributed by atoms with Gasteiger partial charge < -0.3 is 10.4 Å². The molecule has 1 aromatic carbocycles. The molecule has 0 amide bonds. The van der Waals surface area contributed by atoms with Crippen LogP contribution in [0.4, 0.5) is 0 Å². The third-order valence-electron chi connectivity index (χ3n) is 5.24. The van der Waals surface area contributed by atoms with E-state index in [1.165, 1.54) is 11.1 Å². The number of benzene rings is 1. The first kappa shape index (κ1) is 19.0. The summed E-state index contributed by atoms with van der Waals surface area (Å²) in [5, 5.41) is 12.7. The monoisotopic (exact) mass is 331 g/mol. The Bertz CT molecular complexity index is 522. The molecule has 1 aliphatic rings. The van der Waals surface area contributed by atoms with E-state index in [0.29, 0.717) is 12.0 Å². The van der Waals surface area contributed by atoms with Gasteiger partial charge in [0, 0.05) is 6.04 Å². The van der Waals surface area contributed by atoms with E-state index in [9.17, 15) is 4.79 Å². The van der Waals surface area contributed by atoms with Crippen LogP contribution in [0.15, 0.2) is 24.3 Å². The Labute approximate surface area is 146 Å². The Hall–Kier alpha value is -1.35. The quantitative estimate of drug-likeness (QED) is 0.812. The van der Waals surface area contributed by atoms with Crippen LogP contribution >= 0.6 is 0 Å². The summed E-state index contributed by atoms with van der Waals surface area (Å²) in [5.41, 5.74) is 2.99. The highest BCUT2D eigenvalue weighted by Gasteiger charge is 2.25. The van der Waals surface area contributed by atoms with Crippen LogP contribution in [-0.2, 0) is 16.6 Å². The van der Waals surface area contributed by atoms with E-state index in [0.717, 1.165) is 38.6 Å². The molecule has 0 heterocycles. The fraction of sp³-hybridized carbons (Fsp3) is 0.667. The minimum absolute atomic E-state index is 0.123. The van der Waals surface area contributed by atoms with Gasteiger partial charge in [0.05, 0.1) is 5.92 Å². The first-order valence-corrected chi connectivity index (χ1v) is 9.31. The maximum atomic E-state index is 11.0. The van der Waals surface area contributed by atoms with Gasteiger partial charge in [0.2, 0.25) is 0 Å². The summed E-state index contributed by atoms with van der Waals surface area (Å²) >= 11 is 0. The van der Waals surface area contributed by atoms with Gasteiger partial charge in [0.25, 0.3) is 0 Å². The largest absolute Gasteiger partial charge is 0.481 e. The molecule has 1 atom stereocenters. The molecule has 0 aliphatic heterocycles. The fourth-order valence-electron chi connectivity index (χ4n) is 3.53. The van der Waals surface area contributed by atoms with Crippen LogP contribution in [0.2, 0.25) is 0 Å². The van der Waals surface area contributed by atoms with Crippen LogP contribution in [0, 0.1) is 11.8 Å². The molecule has 0 bridgehead atoms. The van der Waals surface area contributed by atoms with Gasteiger partial charge in [-0.25, -0.2) is 0 Å². The highest BCUT2D eigenvalue weighted by molar-refractivity contribution is 5.70. The SMILES string of the molecule is CC(CNC1CCC(C(=O)O)CC1)Cc1ccc(C(C)(C)C)cc1. The summed E-state index contributed by atoms with van der Waals surface area (Å²) in [5.74, 6) is -0.162. The number of nitrogens with one attached hydrogen (secondary N) is 1. The molecule has 0 spiro atoms. The standard InChI is InChI=1S/C21H33NO2/c1-15(13-16-5-9-18(10-6-16)21(2,3)4)14-22-19-11-7-17(8-12-19)20(23)24/h5-6,9-10,15,17,19,22H,7-8,11-14H2,1-4H3,(H,23,24). The topological polar surface area (TPSA) is 49.3 Å². The summed E-state index contributed by atoms with van der Waals surface area (Å²) in [7, 11) is 0. The van der Waals surface area contributed by atoms with E-state index in [1.54, 1.807) is 0 Å². The predicted octanol–water partition coefficient (Wildman–Crippen LogP) is 4.40. The number of aliphatic carboxylic acids is 1. The zero-order valence-corrected chi connectivity index (χ0v) is 15.6. The Morgan fingerprint density at radius 1 is 1.17 bits per heavy atom. The van der Waals surface area contributed by atoms with E-state index in [2.05, 4.69) is 57.3 Å². The van der Waals surface area contributed by atoms with Crippen molar-refractivity contribution in [2.75, 3.05) is 6.54 Å². The third kappa shape index (κ3) is 5.62. The first-order chi connectivity index (χ1) is 11.3. The van der Waals surface area contributed by atoms with E-state index >= 15 is 0 Å². The van der Waals surface area contributed by atoms with Crippen LogP contribution in [0.1, 0.15) is 64.5 Å². The lowest BCUT2D eigenvalue weighted by Crippen LogP contribution is -2.37. The number of carboxylic acid groups (broad SMARTS) is 1. The molecule has 1 fully saturated rings. The predicted molar refractivity (Wildman–Crippen MR) is 99.4 cm³/mol. The molecule has 1 unspecified atom stereocenters. The first-order valence-electron chi connectivity index (χ1n) is 9.31. The van der Waals surface area contributed by atoms with Crippen molar-refractivity contribution < 1.29 is 9.90 Å². The normalized spacial score (nSPS) is 23.0. The van der Waals surface area contributed by atoms with Crippen LogP contribution in [-0.4, -0.2) is 23.7 Å². The Balaban J connectivity index is 1.74. The van der Waals surface area contributed by atoms with Crippen LogP contribution < -0.4 is 5.32 Å². The van der Waals surface area contributed by atoms with Gasteiger partial charge in [-0.3, -0.25) is 4.79 Å². The Morgan fingerprint density at radius 3 is 2.25 bits per heavy atom. The van der Waals surface area contributed by atoms with Gasteiger partial charge in [-0.15, -0.1) is 0 Å². The minimum Gasteiger partial charge on any atom is -0.481 e. The molecule has 3 heteroatoms. The second-order valence-corrected chi connectivity index (χ2v) is 8.55. The molecule has 0 aromatic heterocycles. The maximum absolute atomic E-state index is 11.0. The molecule has 0 radical (unpaired) electrons. The molecular formula is C21H33NO2. The van der Waals surface area contributed by atoms with Gasteiger partial charge in [-0.1, -0.05) is 52.0 Å². The molecular weight excluding hydrogens is 298 g/mol. The maximum Gasteiger partial charge on any atom is 0.306 e. The van der Waals surface area contributed by atoms with Crippen LogP contribution in [0.3, 0.4) is 0 Å². The van der Waals surface area contributed by atoms with Crippen molar-refractivity contribution in [3.8, 4) is 0 Å². The molecule has 2 N–H and O–H groups in total.